The molecule has 3 aromatic carbocycles. The number of hydrogen-bond acceptors (Lipinski definition) is 6. The molecule has 1 unspecified atom stereocenters. The van der Waals surface area contributed by atoms with Crippen LogP contribution in [0.4, 0.5) is 0 Å². The summed E-state index contributed by atoms with van der Waals surface area (Å²) in [5.74, 6) is 1.60. The number of hydrogen-bond donors (Lipinski definition) is 1. The van der Waals surface area contributed by atoms with Crippen molar-refractivity contribution in [3.63, 3.8) is 0 Å². The molecule has 0 aliphatic carbocycles. The third-order valence-electron chi connectivity index (χ3n) is 6.55. The van der Waals surface area contributed by atoms with Gasteiger partial charge in [-0.2, -0.15) is 0 Å². The van der Waals surface area contributed by atoms with E-state index in [2.05, 4.69) is 10.3 Å². The summed E-state index contributed by atoms with van der Waals surface area (Å²) in [5.41, 5.74) is 4.45. The number of oxazole rings is 1. The van der Waals surface area contributed by atoms with Crippen LogP contribution in [0.3, 0.4) is 0 Å². The van der Waals surface area contributed by atoms with Crippen molar-refractivity contribution in [1.29, 1.82) is 0 Å². The molecule has 0 bridgehead atoms. The number of ketones is 2. The molecule has 1 aliphatic rings. The highest BCUT2D eigenvalue weighted by Crippen LogP contribution is 2.32. The third kappa shape index (κ3) is 6.17. The lowest BCUT2D eigenvalue weighted by Gasteiger charge is -2.28. The summed E-state index contributed by atoms with van der Waals surface area (Å²) in [6.07, 6.45) is 3.59. The lowest BCUT2D eigenvalue weighted by atomic mass is 9.93. The van der Waals surface area contributed by atoms with E-state index < -0.39 is 6.10 Å². The molecule has 0 radical (unpaired) electrons. The van der Waals surface area contributed by atoms with Gasteiger partial charge in [0.1, 0.15) is 17.6 Å². The number of aryl methyl sites for hydroxylation is 1. The molecule has 6 heteroatoms. The molecule has 6 nitrogen and oxygen atoms in total. The van der Waals surface area contributed by atoms with Crippen molar-refractivity contribution in [2.45, 2.75) is 52.2 Å². The Morgan fingerprint density at radius 2 is 1.72 bits per heavy atom. The molecule has 39 heavy (non-hydrogen) atoms. The fourth-order valence-electron chi connectivity index (χ4n) is 4.39. The Bertz CT molecular complexity index is 1520. The summed E-state index contributed by atoms with van der Waals surface area (Å²) in [7, 11) is 0. The van der Waals surface area contributed by atoms with Crippen molar-refractivity contribution in [2.75, 3.05) is 0 Å². The van der Waals surface area contributed by atoms with E-state index >= 15 is 0 Å². The summed E-state index contributed by atoms with van der Waals surface area (Å²) in [6, 6.07) is 22.5. The molecular formula is C33H32N2O4. The second-order valence-corrected chi connectivity index (χ2v) is 10.9. The summed E-state index contributed by atoms with van der Waals surface area (Å²) in [6.45, 7) is 8.13. The molecule has 1 aliphatic heterocycles. The second-order valence-electron chi connectivity index (χ2n) is 10.9. The molecule has 1 aromatic heterocycles. The van der Waals surface area contributed by atoms with Crippen molar-refractivity contribution in [1.82, 2.24) is 10.3 Å². The number of benzene rings is 3. The van der Waals surface area contributed by atoms with Crippen LogP contribution >= 0.6 is 0 Å². The van der Waals surface area contributed by atoms with Gasteiger partial charge in [-0.3, -0.25) is 9.59 Å². The standard InChI is InChI=1S/C33H32N2O4/c1-21-9-11-22(12-10-21)17-28(36)23-13-15-24(16-14-23)32-34-19-25(38-32)18-30-27(20-35-33(2,3)4)31(37)26-7-5-6-8-29(26)39-30/h5-16,19-20,30,35H,17-18H2,1-4H3/b27-20-. The monoisotopic (exact) mass is 520 g/mol. The minimum absolute atomic E-state index is 0.0566. The van der Waals surface area contributed by atoms with E-state index in [-0.39, 0.29) is 17.1 Å². The van der Waals surface area contributed by atoms with Gasteiger partial charge in [0, 0.05) is 35.7 Å². The Balaban J connectivity index is 1.31. The van der Waals surface area contributed by atoms with Crippen molar-refractivity contribution < 1.29 is 18.7 Å². The molecule has 5 rings (SSSR count). The third-order valence-corrected chi connectivity index (χ3v) is 6.55. The van der Waals surface area contributed by atoms with Crippen LogP contribution in [-0.2, 0) is 12.8 Å². The molecule has 2 heterocycles. The maximum absolute atomic E-state index is 13.3. The molecule has 0 spiro atoms. The molecular weight excluding hydrogens is 488 g/mol. The van der Waals surface area contributed by atoms with Crippen LogP contribution in [0.1, 0.15) is 58.4 Å². The molecule has 0 fully saturated rings. The largest absolute Gasteiger partial charge is 0.484 e. The Labute approximate surface area is 228 Å². The normalized spacial score (nSPS) is 16.1. The van der Waals surface area contributed by atoms with Gasteiger partial charge in [0.2, 0.25) is 5.89 Å². The van der Waals surface area contributed by atoms with Gasteiger partial charge in [-0.1, -0.05) is 54.1 Å². The van der Waals surface area contributed by atoms with Crippen LogP contribution < -0.4 is 10.1 Å². The lowest BCUT2D eigenvalue weighted by molar-refractivity contribution is 0.0954. The van der Waals surface area contributed by atoms with Gasteiger partial charge in [0.05, 0.1) is 17.3 Å². The number of aromatic nitrogens is 1. The second kappa shape index (κ2) is 10.7. The Hall–Kier alpha value is -4.45. The summed E-state index contributed by atoms with van der Waals surface area (Å²) < 4.78 is 12.3. The number of nitrogens with one attached hydrogen (secondary N) is 1. The van der Waals surface area contributed by atoms with Gasteiger partial charge in [-0.15, -0.1) is 0 Å². The smallest absolute Gasteiger partial charge is 0.226 e. The zero-order chi connectivity index (χ0) is 27.6. The maximum atomic E-state index is 13.3. The van der Waals surface area contributed by atoms with Crippen LogP contribution in [0.2, 0.25) is 0 Å². The average molecular weight is 521 g/mol. The summed E-state index contributed by atoms with van der Waals surface area (Å²) >= 11 is 0. The van der Waals surface area contributed by atoms with Crippen LogP contribution in [-0.4, -0.2) is 28.2 Å². The van der Waals surface area contributed by atoms with E-state index in [0.717, 1.165) is 11.1 Å². The molecule has 4 aromatic rings. The summed E-state index contributed by atoms with van der Waals surface area (Å²) in [4.78, 5) is 30.5. The van der Waals surface area contributed by atoms with Crippen molar-refractivity contribution >= 4 is 11.6 Å². The summed E-state index contributed by atoms with van der Waals surface area (Å²) in [5, 5.41) is 3.29. The number of carbonyl (C=O) groups excluding carboxylic acids is 2. The van der Waals surface area contributed by atoms with E-state index in [9.17, 15) is 9.59 Å². The molecule has 198 valence electrons. The van der Waals surface area contributed by atoms with Gasteiger partial charge in [0.15, 0.2) is 11.6 Å². The van der Waals surface area contributed by atoms with Crippen LogP contribution in [0.5, 0.6) is 5.75 Å². The number of para-hydroxylation sites is 1. The first kappa shape index (κ1) is 26.2. The first-order valence-corrected chi connectivity index (χ1v) is 13.1. The van der Waals surface area contributed by atoms with Crippen LogP contribution in [0.25, 0.3) is 11.5 Å². The van der Waals surface area contributed by atoms with E-state index in [1.165, 1.54) is 5.56 Å². The Kier molecular flexibility index (Phi) is 7.20. The van der Waals surface area contributed by atoms with Crippen molar-refractivity contribution in [3.05, 3.63) is 119 Å². The van der Waals surface area contributed by atoms with Crippen molar-refractivity contribution in [2.24, 2.45) is 0 Å². The average Bonchev–Trinajstić information content (AvgIpc) is 3.38. The Morgan fingerprint density at radius 3 is 2.44 bits per heavy atom. The highest BCUT2D eigenvalue weighted by molar-refractivity contribution is 6.12. The minimum Gasteiger partial charge on any atom is -0.484 e. The lowest BCUT2D eigenvalue weighted by Crippen LogP contribution is -2.37. The fourth-order valence-corrected chi connectivity index (χ4v) is 4.39. The predicted molar refractivity (Wildman–Crippen MR) is 151 cm³/mol. The SMILES string of the molecule is Cc1ccc(CC(=O)c2ccc(-c3ncc(CC4Oc5ccccc5C(=O)/C4=C\NC(C)(C)C)o3)cc2)cc1. The van der Waals surface area contributed by atoms with Crippen molar-refractivity contribution in [3.8, 4) is 17.2 Å². The number of Topliss-reactive ketones (excluding diaryl/α,β-unsaturated/α-hetero) is 2. The number of nitrogens with zero attached hydrogens (tertiary/aromatic N) is 1. The molecule has 1 atom stereocenters. The van der Waals surface area contributed by atoms with E-state index in [0.29, 0.717) is 46.9 Å². The zero-order valence-electron chi connectivity index (χ0n) is 22.7. The Morgan fingerprint density at radius 1 is 1.00 bits per heavy atom. The van der Waals surface area contributed by atoms with Gasteiger partial charge in [-0.05, 0) is 57.5 Å². The van der Waals surface area contributed by atoms with Gasteiger partial charge < -0.3 is 14.5 Å². The highest BCUT2D eigenvalue weighted by atomic mass is 16.5. The van der Waals surface area contributed by atoms with Crippen LogP contribution in [0, 0.1) is 6.92 Å². The molecule has 0 amide bonds. The first-order valence-electron chi connectivity index (χ1n) is 13.1. The van der Waals surface area contributed by atoms with E-state index in [4.69, 9.17) is 9.15 Å². The number of carbonyl (C=O) groups is 2. The predicted octanol–water partition coefficient (Wildman–Crippen LogP) is 6.53. The van der Waals surface area contributed by atoms with E-state index in [1.54, 1.807) is 30.6 Å². The molecule has 0 saturated carbocycles. The van der Waals surface area contributed by atoms with Gasteiger partial charge in [0.25, 0.3) is 0 Å². The quantitative estimate of drug-likeness (QED) is 0.220. The number of fused-ring (bicyclic) bond motifs is 1. The van der Waals surface area contributed by atoms with Crippen LogP contribution in [0.15, 0.2) is 95.2 Å². The van der Waals surface area contributed by atoms with Gasteiger partial charge >= 0.3 is 0 Å². The molecule has 0 saturated heterocycles. The number of ether oxygens (including phenoxy) is 1. The van der Waals surface area contributed by atoms with Gasteiger partial charge in [-0.25, -0.2) is 4.98 Å². The maximum Gasteiger partial charge on any atom is 0.226 e. The topological polar surface area (TPSA) is 81.4 Å². The minimum atomic E-state index is -0.523. The molecule has 1 N–H and O–H groups in total. The zero-order valence-corrected chi connectivity index (χ0v) is 22.7. The van der Waals surface area contributed by atoms with E-state index in [1.807, 2.05) is 82.3 Å². The highest BCUT2D eigenvalue weighted by Gasteiger charge is 2.33. The first-order chi connectivity index (χ1) is 18.7. The fraction of sp³-hybridized carbons (Fsp3) is 0.242. The number of rotatable bonds is 7.